The first-order chi connectivity index (χ1) is 12.8. The zero-order valence-corrected chi connectivity index (χ0v) is 16.0. The summed E-state index contributed by atoms with van der Waals surface area (Å²) in [6, 6.07) is 31.8. The van der Waals surface area contributed by atoms with E-state index in [-0.39, 0.29) is 6.61 Å². The van der Waals surface area contributed by atoms with Crippen molar-refractivity contribution < 1.29 is 10.2 Å². The molecule has 2 nitrogen and oxygen atoms in total. The van der Waals surface area contributed by atoms with Gasteiger partial charge >= 0.3 is 156 Å². The Morgan fingerprint density at radius 3 is 1.38 bits per heavy atom. The van der Waals surface area contributed by atoms with Gasteiger partial charge in [0.05, 0.1) is 0 Å². The normalized spacial score (nSPS) is 13.3. The average molecular weight is 366 g/mol. The van der Waals surface area contributed by atoms with Crippen LogP contribution in [-0.2, 0) is 0 Å². The number of aliphatic hydroxyl groups excluding tert-OH is 2. The fourth-order valence-electron chi connectivity index (χ4n) is 3.80. The molecule has 0 fully saturated rings. The van der Waals surface area contributed by atoms with Crippen molar-refractivity contribution in [3.8, 4) is 0 Å². The first kappa shape index (κ1) is 18.8. The summed E-state index contributed by atoms with van der Waals surface area (Å²) in [6.45, 7) is 0.119. The molecule has 0 aliphatic carbocycles. The molecule has 2 N–H and O–H groups in total. The number of benzene rings is 3. The van der Waals surface area contributed by atoms with E-state index in [1.807, 2.05) is 18.2 Å². The van der Waals surface area contributed by atoms with Crippen molar-refractivity contribution in [3.63, 3.8) is 0 Å². The summed E-state index contributed by atoms with van der Waals surface area (Å²) < 4.78 is 0. The molecule has 0 bridgehead atoms. The van der Waals surface area contributed by atoms with Crippen molar-refractivity contribution in [2.24, 2.45) is 0 Å². The van der Waals surface area contributed by atoms with E-state index < -0.39 is 13.4 Å². The van der Waals surface area contributed by atoms with E-state index in [2.05, 4.69) is 72.8 Å². The van der Waals surface area contributed by atoms with Gasteiger partial charge in [-0.1, -0.05) is 0 Å². The number of aliphatic hydroxyl groups is 2. The van der Waals surface area contributed by atoms with Crippen LogP contribution in [0.25, 0.3) is 0 Å². The Morgan fingerprint density at radius 1 is 0.654 bits per heavy atom. The monoisotopic (exact) mass is 366 g/mol. The maximum absolute atomic E-state index is 10.8. The van der Waals surface area contributed by atoms with Crippen LogP contribution in [0, 0.1) is 0 Å². The second-order valence-corrected chi connectivity index (χ2v) is 10.7. The van der Waals surface area contributed by atoms with Crippen molar-refractivity contribution in [3.05, 3.63) is 91.0 Å². The van der Waals surface area contributed by atoms with E-state index in [1.165, 1.54) is 15.9 Å². The van der Waals surface area contributed by atoms with Crippen molar-refractivity contribution >= 4 is 23.2 Å². The molecule has 0 saturated carbocycles. The molecular weight excluding hydrogens is 339 g/mol. The third kappa shape index (κ3) is 4.04. The van der Waals surface area contributed by atoms with Gasteiger partial charge in [0, 0.05) is 0 Å². The van der Waals surface area contributed by atoms with Crippen LogP contribution in [0.4, 0.5) is 0 Å². The summed E-state index contributed by atoms with van der Waals surface area (Å²) in [5.74, 6) is 0. The van der Waals surface area contributed by atoms with E-state index in [9.17, 15) is 5.11 Å². The van der Waals surface area contributed by atoms with E-state index >= 15 is 0 Å². The molecule has 26 heavy (non-hydrogen) atoms. The SMILES string of the molecule is OCCCC(O)C[PH](c1ccccc1)(c1ccccc1)c1ccccc1. The topological polar surface area (TPSA) is 40.5 Å². The zero-order valence-electron chi connectivity index (χ0n) is 15.0. The molecule has 1 unspecified atom stereocenters. The Labute approximate surface area is 156 Å². The minimum absolute atomic E-state index is 0.119. The van der Waals surface area contributed by atoms with Gasteiger partial charge in [0.2, 0.25) is 0 Å². The van der Waals surface area contributed by atoms with Gasteiger partial charge in [-0.15, -0.1) is 0 Å². The minimum atomic E-state index is -2.37. The summed E-state index contributed by atoms with van der Waals surface area (Å²) in [5.41, 5.74) is 0. The van der Waals surface area contributed by atoms with Crippen LogP contribution in [-0.4, -0.2) is 29.1 Å². The van der Waals surface area contributed by atoms with Gasteiger partial charge in [-0.2, -0.15) is 0 Å². The molecule has 0 heterocycles. The third-order valence-corrected chi connectivity index (χ3v) is 10.1. The Balaban J connectivity index is 2.18. The first-order valence-corrected chi connectivity index (χ1v) is 11.4. The molecule has 0 spiro atoms. The number of rotatable bonds is 8. The Bertz CT molecular complexity index is 678. The molecular formula is C23H27O2P. The molecule has 3 heteroatoms. The van der Waals surface area contributed by atoms with E-state index in [0.29, 0.717) is 19.0 Å². The number of hydrogen-bond donors (Lipinski definition) is 2. The molecule has 3 aromatic rings. The van der Waals surface area contributed by atoms with Crippen LogP contribution in [0.3, 0.4) is 0 Å². The second kappa shape index (κ2) is 9.09. The Morgan fingerprint density at radius 2 is 1.04 bits per heavy atom. The summed E-state index contributed by atoms with van der Waals surface area (Å²) in [6.07, 6.45) is 1.53. The zero-order chi connectivity index (χ0) is 18.2. The Kier molecular flexibility index (Phi) is 6.57. The van der Waals surface area contributed by atoms with Gasteiger partial charge in [0.25, 0.3) is 0 Å². The van der Waals surface area contributed by atoms with Crippen molar-refractivity contribution in [2.75, 3.05) is 12.8 Å². The van der Waals surface area contributed by atoms with Gasteiger partial charge in [0.1, 0.15) is 0 Å². The predicted molar refractivity (Wildman–Crippen MR) is 114 cm³/mol. The van der Waals surface area contributed by atoms with Gasteiger partial charge in [-0.3, -0.25) is 0 Å². The summed E-state index contributed by atoms with van der Waals surface area (Å²) in [5, 5.41) is 23.9. The molecule has 0 radical (unpaired) electrons. The number of hydrogen-bond acceptors (Lipinski definition) is 2. The first-order valence-electron chi connectivity index (χ1n) is 9.23. The molecule has 136 valence electrons. The van der Waals surface area contributed by atoms with Gasteiger partial charge in [-0.25, -0.2) is 0 Å². The van der Waals surface area contributed by atoms with Gasteiger partial charge in [0.15, 0.2) is 0 Å². The fourth-order valence-corrected chi connectivity index (χ4v) is 8.71. The average Bonchev–Trinajstić information content (AvgIpc) is 2.72. The standard InChI is InChI=1S/C23H27O2P/c24-18-10-11-20(25)19-26(21-12-4-1-5-13-21,22-14-6-2-7-15-22)23-16-8-3-9-17-23/h1-9,12-17,20,24-26H,10-11,18-19H2. The van der Waals surface area contributed by atoms with E-state index in [0.717, 1.165) is 0 Å². The molecule has 0 aliphatic rings. The molecule has 1 atom stereocenters. The maximum atomic E-state index is 10.8. The van der Waals surface area contributed by atoms with Crippen LogP contribution in [0.5, 0.6) is 0 Å². The van der Waals surface area contributed by atoms with Crippen LogP contribution in [0.1, 0.15) is 12.8 Å². The van der Waals surface area contributed by atoms with Crippen LogP contribution < -0.4 is 15.9 Å². The fraction of sp³-hybridized carbons (Fsp3) is 0.217. The molecule has 3 aromatic carbocycles. The van der Waals surface area contributed by atoms with Crippen molar-refractivity contribution in [1.29, 1.82) is 0 Å². The summed E-state index contributed by atoms with van der Waals surface area (Å²) in [7, 11) is -2.37. The van der Waals surface area contributed by atoms with Crippen molar-refractivity contribution in [1.82, 2.24) is 0 Å². The van der Waals surface area contributed by atoms with Crippen molar-refractivity contribution in [2.45, 2.75) is 18.9 Å². The predicted octanol–water partition coefficient (Wildman–Crippen LogP) is 2.85. The molecule has 3 rings (SSSR count). The second-order valence-electron chi connectivity index (χ2n) is 6.73. The summed E-state index contributed by atoms with van der Waals surface area (Å²) >= 11 is 0. The van der Waals surface area contributed by atoms with E-state index in [4.69, 9.17) is 5.11 Å². The van der Waals surface area contributed by atoms with Crippen LogP contribution in [0.2, 0.25) is 0 Å². The Hall–Kier alpha value is -1.99. The van der Waals surface area contributed by atoms with Gasteiger partial charge < -0.3 is 0 Å². The quantitative estimate of drug-likeness (QED) is 0.602. The molecule has 0 amide bonds. The van der Waals surface area contributed by atoms with Gasteiger partial charge in [-0.05, 0) is 0 Å². The van der Waals surface area contributed by atoms with Crippen LogP contribution >= 0.6 is 7.26 Å². The summed E-state index contributed by atoms with van der Waals surface area (Å²) in [4.78, 5) is 0. The molecule has 0 aromatic heterocycles. The van der Waals surface area contributed by atoms with E-state index in [1.54, 1.807) is 0 Å². The van der Waals surface area contributed by atoms with Crippen LogP contribution in [0.15, 0.2) is 91.0 Å². The third-order valence-electron chi connectivity index (χ3n) is 5.04. The molecule has 0 aliphatic heterocycles. The molecule has 0 saturated heterocycles.